The van der Waals surface area contributed by atoms with Crippen molar-refractivity contribution >= 4 is 43.0 Å². The Labute approximate surface area is 212 Å². The van der Waals surface area contributed by atoms with Crippen molar-refractivity contribution in [1.29, 1.82) is 0 Å². The molecule has 2 fully saturated rings. The monoisotopic (exact) mass is 526 g/mol. The van der Waals surface area contributed by atoms with E-state index in [9.17, 15) is 28.1 Å². The first-order valence-electron chi connectivity index (χ1n) is 11.8. The zero-order valence-electron chi connectivity index (χ0n) is 19.4. The summed E-state index contributed by atoms with van der Waals surface area (Å²) in [7, 11) is 0. The molecule has 0 amide bonds. The second-order valence-corrected chi connectivity index (χ2v) is 10.5. The molecule has 4 aromatic rings. The molecule has 2 aliphatic rings. The van der Waals surface area contributed by atoms with E-state index < -0.39 is 27.9 Å². The fraction of sp³-hybridized carbons (Fsp3) is 0.308. The van der Waals surface area contributed by atoms with Crippen LogP contribution in [-0.2, 0) is 12.7 Å². The number of nitro benzene ring substituents is 1. The summed E-state index contributed by atoms with van der Waals surface area (Å²) >= 11 is 0.906. The lowest BCUT2D eigenvalue weighted by Crippen LogP contribution is -2.63. The van der Waals surface area contributed by atoms with Gasteiger partial charge in [0.05, 0.1) is 15.9 Å². The van der Waals surface area contributed by atoms with E-state index in [1.165, 1.54) is 16.3 Å². The highest BCUT2D eigenvalue weighted by molar-refractivity contribution is 7.22. The van der Waals surface area contributed by atoms with Crippen LogP contribution in [0.2, 0.25) is 0 Å². The quantitative estimate of drug-likeness (QED) is 0.260. The number of piperidine rings is 1. The third-order valence-electron chi connectivity index (χ3n) is 7.37. The van der Waals surface area contributed by atoms with Crippen LogP contribution in [-0.4, -0.2) is 40.5 Å². The summed E-state index contributed by atoms with van der Waals surface area (Å²) in [5.41, 5.74) is -1.56. The van der Waals surface area contributed by atoms with Crippen LogP contribution in [0.5, 0.6) is 0 Å². The number of hydrogen-bond donors (Lipinski definition) is 0. The van der Waals surface area contributed by atoms with Crippen molar-refractivity contribution < 1.29 is 18.1 Å². The van der Waals surface area contributed by atoms with E-state index in [-0.39, 0.29) is 10.1 Å². The highest BCUT2D eigenvalue weighted by Gasteiger charge is 2.43. The summed E-state index contributed by atoms with van der Waals surface area (Å²) in [5, 5.41) is 14.0. The predicted molar refractivity (Wildman–Crippen MR) is 136 cm³/mol. The molecule has 190 valence electrons. The topological polar surface area (TPSA) is 79.6 Å². The zero-order valence-corrected chi connectivity index (χ0v) is 20.3. The van der Waals surface area contributed by atoms with E-state index in [0.29, 0.717) is 42.3 Å². The molecule has 2 unspecified atom stereocenters. The predicted octanol–water partition coefficient (Wildman–Crippen LogP) is 5.45. The molecule has 1 aromatic heterocycles. The number of likely N-dealkylation sites (tertiary alicyclic amines) is 1. The van der Waals surface area contributed by atoms with E-state index in [2.05, 4.69) is 40.2 Å². The number of hydrogen-bond acceptors (Lipinski definition) is 7. The van der Waals surface area contributed by atoms with Gasteiger partial charge >= 0.3 is 6.18 Å². The van der Waals surface area contributed by atoms with Crippen LogP contribution in [0.15, 0.2) is 59.4 Å². The van der Waals surface area contributed by atoms with Crippen LogP contribution in [0.25, 0.3) is 20.9 Å². The van der Waals surface area contributed by atoms with Gasteiger partial charge in [-0.3, -0.25) is 19.8 Å². The minimum atomic E-state index is -4.81. The molecule has 0 bridgehead atoms. The van der Waals surface area contributed by atoms with Gasteiger partial charge in [0.2, 0.25) is 0 Å². The summed E-state index contributed by atoms with van der Waals surface area (Å²) in [6, 6.07) is 16.2. The van der Waals surface area contributed by atoms with Crippen molar-refractivity contribution in [2.45, 2.75) is 25.2 Å². The van der Waals surface area contributed by atoms with Gasteiger partial charge in [0.15, 0.2) is 5.13 Å². The average molecular weight is 527 g/mol. The molecule has 0 N–H and O–H groups in total. The SMILES string of the molecule is O=c1nc(N2CCC3C(C2)CN3Cc2cccc3ccccc23)sc2c([N+](=O)[O-])cc(C(F)(F)F)cc12. The molecule has 2 saturated heterocycles. The normalized spacial score (nSPS) is 20.1. The highest BCUT2D eigenvalue weighted by atomic mass is 32.1. The number of aromatic nitrogens is 1. The third-order valence-corrected chi connectivity index (χ3v) is 8.54. The number of non-ortho nitro benzene ring substituents is 1. The second-order valence-electron chi connectivity index (χ2n) is 9.56. The van der Waals surface area contributed by atoms with E-state index in [0.717, 1.165) is 30.8 Å². The Kier molecular flexibility index (Phi) is 5.64. The molecule has 0 aliphatic carbocycles. The molecule has 0 spiro atoms. The van der Waals surface area contributed by atoms with E-state index in [1.54, 1.807) is 0 Å². The molecule has 7 nitrogen and oxygen atoms in total. The van der Waals surface area contributed by atoms with Crippen LogP contribution >= 0.6 is 11.3 Å². The van der Waals surface area contributed by atoms with Crippen LogP contribution < -0.4 is 10.5 Å². The maximum Gasteiger partial charge on any atom is 0.416 e. The largest absolute Gasteiger partial charge is 0.416 e. The van der Waals surface area contributed by atoms with Gasteiger partial charge in [-0.2, -0.15) is 18.2 Å². The first kappa shape index (κ1) is 23.8. The van der Waals surface area contributed by atoms with Crippen molar-refractivity contribution in [3.8, 4) is 0 Å². The first-order chi connectivity index (χ1) is 17.7. The first-order valence-corrected chi connectivity index (χ1v) is 12.7. The number of alkyl halides is 3. The van der Waals surface area contributed by atoms with Gasteiger partial charge in [-0.05, 0) is 28.8 Å². The summed E-state index contributed by atoms with van der Waals surface area (Å²) in [4.78, 5) is 31.8. The Morgan fingerprint density at radius 1 is 1.08 bits per heavy atom. The number of nitrogens with zero attached hydrogens (tertiary/aromatic N) is 4. The molecular weight excluding hydrogens is 505 g/mol. The molecule has 2 atom stereocenters. The van der Waals surface area contributed by atoms with Crippen molar-refractivity contribution in [1.82, 2.24) is 9.88 Å². The Hall–Kier alpha value is -3.57. The molecule has 3 aromatic carbocycles. The number of fused-ring (bicyclic) bond motifs is 3. The highest BCUT2D eigenvalue weighted by Crippen LogP contribution is 2.40. The van der Waals surface area contributed by atoms with Crippen molar-refractivity contribution in [2.24, 2.45) is 5.92 Å². The lowest BCUT2D eigenvalue weighted by atomic mass is 9.82. The number of benzene rings is 3. The number of nitro groups is 1. The van der Waals surface area contributed by atoms with E-state index in [1.807, 2.05) is 17.0 Å². The van der Waals surface area contributed by atoms with Gasteiger partial charge in [0, 0.05) is 44.2 Å². The van der Waals surface area contributed by atoms with Gasteiger partial charge in [0.1, 0.15) is 4.70 Å². The number of rotatable bonds is 4. The fourth-order valence-corrected chi connectivity index (χ4v) is 6.66. The van der Waals surface area contributed by atoms with Crippen molar-refractivity contribution in [3.63, 3.8) is 0 Å². The Morgan fingerprint density at radius 2 is 1.86 bits per heavy atom. The number of anilines is 1. The Balaban J connectivity index is 1.23. The van der Waals surface area contributed by atoms with Gasteiger partial charge in [-0.15, -0.1) is 0 Å². The van der Waals surface area contributed by atoms with E-state index >= 15 is 0 Å². The zero-order chi connectivity index (χ0) is 25.9. The standard InChI is InChI=1S/C26H21F3N4O3S/c27-26(28,29)18-10-20-23(22(11-18)33(35)36)37-25(30-24(20)34)31-9-8-21-17(13-31)14-32(21)12-16-6-3-5-15-4-1-2-7-19(15)16/h1-7,10-11,17,21H,8-9,12-14H2. The number of halogens is 3. The minimum Gasteiger partial charge on any atom is -0.348 e. The maximum atomic E-state index is 13.2. The van der Waals surface area contributed by atoms with Gasteiger partial charge in [0.25, 0.3) is 11.2 Å². The van der Waals surface area contributed by atoms with Crippen molar-refractivity contribution in [2.75, 3.05) is 24.5 Å². The van der Waals surface area contributed by atoms with Gasteiger partial charge < -0.3 is 4.90 Å². The molecule has 6 rings (SSSR count). The van der Waals surface area contributed by atoms with Crippen LogP contribution in [0.1, 0.15) is 17.5 Å². The summed E-state index contributed by atoms with van der Waals surface area (Å²) < 4.78 is 39.6. The molecule has 11 heteroatoms. The molecule has 0 radical (unpaired) electrons. The molecule has 37 heavy (non-hydrogen) atoms. The van der Waals surface area contributed by atoms with Crippen LogP contribution in [0.4, 0.5) is 24.0 Å². The maximum absolute atomic E-state index is 13.2. The lowest BCUT2D eigenvalue weighted by Gasteiger charge is -2.53. The van der Waals surface area contributed by atoms with Gasteiger partial charge in [-0.25, -0.2) is 0 Å². The molecule has 2 aliphatic heterocycles. The molecule has 3 heterocycles. The third kappa shape index (κ3) is 4.21. The summed E-state index contributed by atoms with van der Waals surface area (Å²) in [6.07, 6.45) is -3.97. The average Bonchev–Trinajstić information content (AvgIpc) is 2.86. The van der Waals surface area contributed by atoms with E-state index in [4.69, 9.17) is 0 Å². The van der Waals surface area contributed by atoms with Gasteiger partial charge in [-0.1, -0.05) is 53.8 Å². The fourth-order valence-electron chi connectivity index (χ4n) is 5.56. The summed E-state index contributed by atoms with van der Waals surface area (Å²) in [5.74, 6) is 0.353. The van der Waals surface area contributed by atoms with Crippen molar-refractivity contribution in [3.05, 3.63) is 86.2 Å². The lowest BCUT2D eigenvalue weighted by molar-refractivity contribution is -0.383. The summed E-state index contributed by atoms with van der Waals surface area (Å²) in [6.45, 7) is 2.97. The minimum absolute atomic E-state index is 0.0821. The molecular formula is C26H21F3N4O3S. The Morgan fingerprint density at radius 3 is 2.62 bits per heavy atom. The molecule has 0 saturated carbocycles. The van der Waals surface area contributed by atoms with Crippen LogP contribution in [0, 0.1) is 16.0 Å². The smallest absolute Gasteiger partial charge is 0.348 e. The Bertz CT molecular complexity index is 1600. The second kappa shape index (κ2) is 8.77. The van der Waals surface area contributed by atoms with Crippen LogP contribution in [0.3, 0.4) is 0 Å².